The number of aromatic nitrogens is 2. The van der Waals surface area contributed by atoms with Crippen LogP contribution in [0.25, 0.3) is 10.8 Å². The van der Waals surface area contributed by atoms with Gasteiger partial charge in [-0.3, -0.25) is 67.7 Å². The van der Waals surface area contributed by atoms with Crippen LogP contribution in [0.5, 0.6) is 5.75 Å². The van der Waals surface area contributed by atoms with Gasteiger partial charge in [-0.1, -0.05) is 104 Å². The molecular weight excluding hydrogens is 1370 g/mol. The Hall–Kier alpha value is -11.1. The van der Waals surface area contributed by atoms with Crippen LogP contribution < -0.4 is 64.2 Å². The van der Waals surface area contributed by atoms with Crippen LogP contribution in [0.15, 0.2) is 145 Å². The molecule has 0 radical (unpaired) electrons. The van der Waals surface area contributed by atoms with E-state index < -0.39 is 132 Å². The first-order chi connectivity index (χ1) is 50.4. The maximum atomic E-state index is 15.1. The van der Waals surface area contributed by atoms with Crippen LogP contribution in [0.3, 0.4) is 0 Å². The lowest BCUT2D eigenvalue weighted by Crippen LogP contribution is -2.62. The number of aromatic hydroxyl groups is 1. The maximum Gasteiger partial charge on any atom is 0.245 e. The second-order valence-electron chi connectivity index (χ2n) is 26.6. The second kappa shape index (κ2) is 39.5. The van der Waals surface area contributed by atoms with Gasteiger partial charge in [0.1, 0.15) is 66.2 Å². The van der Waals surface area contributed by atoms with E-state index in [0.29, 0.717) is 64.7 Å². The molecule has 4 aromatic carbocycles. The standard InChI is InChI=1S/C75H93ClN16O13/c1-44(2)34-57(66(97)85-56(16-9-30-80-75-81-31-11-32-82-75)74(105)92-33-10-17-64(92)73(104)83-45(3)65(77)96)86-70(101)61(39-50-12-7-28-78-41-50)88-69(100)60(37-48-21-26-55(95)27-22-48)90-72(103)63(43-93)91-71(102)62(40-51-13-8-29-79-42-51)89-68(99)59(36-47-19-24-54(76)25-20-47)87-67(98)58(84-46(4)94)38-49-18-23-52-14-5-6-15-53(52)35-49/h5-8,12-15,18-29,35,41-42,44-45,56-64,93,95H,9-11,16-17,30-34,36-40,43H2,1-4H3,(H2,77,96)(H,83,104)(H,84,94)(H,85,97)(H,86,101)(H,87,98)(H,88,100)(H,89,99)(H,90,103)(H,91,102)(H2,80,81,82)/t45-,56+,57+,58-,59-,60+,61-,62-,63+,64+/m1/s1. The number of phenols is 1. The summed E-state index contributed by atoms with van der Waals surface area (Å²) < 4.78 is 0. The lowest BCUT2D eigenvalue weighted by Gasteiger charge is -2.31. The molecule has 105 heavy (non-hydrogen) atoms. The smallest absolute Gasteiger partial charge is 0.245 e. The molecule has 1 fully saturated rings. The Labute approximate surface area is 613 Å². The number of benzene rings is 4. The average molecular weight is 1460 g/mol. The highest BCUT2D eigenvalue weighted by Gasteiger charge is 2.40. The molecule has 0 spiro atoms. The molecule has 2 aliphatic rings. The zero-order valence-corrected chi connectivity index (χ0v) is 59.8. The minimum Gasteiger partial charge on any atom is -0.508 e. The Morgan fingerprint density at radius 3 is 1.56 bits per heavy atom. The summed E-state index contributed by atoms with van der Waals surface area (Å²) in [6.07, 6.45) is 7.12. The van der Waals surface area contributed by atoms with E-state index in [0.717, 1.165) is 23.7 Å². The first-order valence-corrected chi connectivity index (χ1v) is 35.5. The molecule has 2 aromatic heterocycles. The third-order valence-electron chi connectivity index (χ3n) is 17.8. The van der Waals surface area contributed by atoms with E-state index >= 15 is 9.59 Å². The number of phenolic OH excluding ortho intramolecular Hbond substituents is 1. The molecule has 2 aliphatic heterocycles. The van der Waals surface area contributed by atoms with Crippen molar-refractivity contribution in [3.63, 3.8) is 0 Å². The summed E-state index contributed by atoms with van der Waals surface area (Å²) in [5.74, 6) is -8.45. The molecule has 6 aromatic rings. The minimum absolute atomic E-state index is 0.0354. The number of guanidine groups is 1. The summed E-state index contributed by atoms with van der Waals surface area (Å²) in [6, 6.07) is 18.3. The van der Waals surface area contributed by atoms with Crippen molar-refractivity contribution >= 4 is 93.3 Å². The molecule has 558 valence electrons. The average Bonchev–Trinajstić information content (AvgIpc) is 1.79. The largest absolute Gasteiger partial charge is 0.508 e. The lowest BCUT2D eigenvalue weighted by molar-refractivity contribution is -0.142. The number of aliphatic imine (C=N–C) groups is 1. The Bertz CT molecular complexity index is 4020. The van der Waals surface area contributed by atoms with E-state index in [1.54, 1.807) is 48.5 Å². The van der Waals surface area contributed by atoms with Crippen molar-refractivity contribution in [1.82, 2.24) is 73.4 Å². The van der Waals surface area contributed by atoms with E-state index in [-0.39, 0.29) is 69.6 Å². The Kier molecular flexibility index (Phi) is 30.0. The third kappa shape index (κ3) is 24.8. The summed E-state index contributed by atoms with van der Waals surface area (Å²) >= 11 is 6.25. The van der Waals surface area contributed by atoms with E-state index in [9.17, 15) is 53.4 Å². The van der Waals surface area contributed by atoms with Crippen LogP contribution >= 0.6 is 11.6 Å². The molecule has 0 unspecified atom stereocenters. The number of nitrogens with one attached hydrogen (secondary N) is 11. The number of nitrogens with zero attached hydrogens (tertiary/aromatic N) is 4. The Morgan fingerprint density at radius 2 is 1.05 bits per heavy atom. The van der Waals surface area contributed by atoms with Gasteiger partial charge >= 0.3 is 0 Å². The molecule has 29 nitrogen and oxygen atoms in total. The molecule has 0 aliphatic carbocycles. The third-order valence-corrected chi connectivity index (χ3v) is 18.0. The van der Waals surface area contributed by atoms with E-state index in [2.05, 4.69) is 73.4 Å². The van der Waals surface area contributed by atoms with Gasteiger partial charge in [0, 0.05) is 95.0 Å². The highest BCUT2D eigenvalue weighted by molar-refractivity contribution is 6.30. The number of likely N-dealkylation sites (tertiary alicyclic amines) is 1. The number of carbonyl (C=O) groups is 11. The fraction of sp³-hybridized carbons (Fsp3) is 0.413. The molecule has 1 saturated heterocycles. The molecule has 15 N–H and O–H groups in total. The van der Waals surface area contributed by atoms with E-state index in [1.165, 1.54) is 67.8 Å². The molecule has 8 rings (SSSR count). The number of rotatable bonds is 36. The number of hydrogen-bond acceptors (Lipinski definition) is 18. The SMILES string of the molecule is CC(=O)N[C@H](Cc1ccc2ccccc2c1)C(=O)N[C@H](Cc1ccc(Cl)cc1)C(=O)N[C@H](Cc1cccnc1)C(=O)N[C@@H](CO)C(=O)N[C@@H](Cc1ccc(O)cc1)C(=O)N[C@H](Cc1cccnc1)C(=O)N[C@@H](CC(C)C)C(=O)N[C@@H](CCCNC1=NCCCN1)C(=O)N1CCC[C@H]1C(=O)N[C@H](C)C(N)=O. The van der Waals surface area contributed by atoms with Gasteiger partial charge in [0.05, 0.1) is 6.61 Å². The highest BCUT2D eigenvalue weighted by Crippen LogP contribution is 2.23. The normalized spacial score (nSPS) is 15.9. The van der Waals surface area contributed by atoms with Gasteiger partial charge in [-0.05, 0) is 126 Å². The number of amides is 11. The number of aliphatic hydroxyl groups is 1. The van der Waals surface area contributed by atoms with Gasteiger partial charge in [-0.2, -0.15) is 0 Å². The van der Waals surface area contributed by atoms with Crippen LogP contribution in [-0.4, -0.2) is 189 Å². The van der Waals surface area contributed by atoms with Gasteiger partial charge in [-0.15, -0.1) is 0 Å². The van der Waals surface area contributed by atoms with Crippen molar-refractivity contribution in [3.8, 4) is 5.75 Å². The van der Waals surface area contributed by atoms with Gasteiger partial charge in [0.25, 0.3) is 0 Å². The number of pyridine rings is 2. The molecule has 11 amide bonds. The van der Waals surface area contributed by atoms with Gasteiger partial charge in [0.15, 0.2) is 5.96 Å². The number of aliphatic hydroxyl groups excluding tert-OH is 1. The van der Waals surface area contributed by atoms with E-state index in [1.807, 2.05) is 56.3 Å². The molecular formula is C75H93ClN16O13. The van der Waals surface area contributed by atoms with Crippen molar-refractivity contribution in [2.24, 2.45) is 16.6 Å². The summed E-state index contributed by atoms with van der Waals surface area (Å²) in [5.41, 5.74) is 8.03. The Balaban J connectivity index is 1.02. The fourth-order valence-corrected chi connectivity index (χ4v) is 12.4. The molecule has 4 heterocycles. The van der Waals surface area contributed by atoms with Gasteiger partial charge in [-0.25, -0.2) is 0 Å². The zero-order valence-electron chi connectivity index (χ0n) is 59.1. The minimum atomic E-state index is -1.82. The van der Waals surface area contributed by atoms with E-state index in [4.69, 9.17) is 17.3 Å². The quantitative estimate of drug-likeness (QED) is 0.0245. The lowest BCUT2D eigenvalue weighted by atomic mass is 9.99. The van der Waals surface area contributed by atoms with Crippen molar-refractivity contribution in [2.75, 3.05) is 32.8 Å². The summed E-state index contributed by atoms with van der Waals surface area (Å²) in [7, 11) is 0. The van der Waals surface area contributed by atoms with Gasteiger partial charge < -0.3 is 79.3 Å². The van der Waals surface area contributed by atoms with Gasteiger partial charge in [0.2, 0.25) is 65.0 Å². The number of hydrogen-bond donors (Lipinski definition) is 14. The van der Waals surface area contributed by atoms with Crippen molar-refractivity contribution in [2.45, 2.75) is 159 Å². The van der Waals surface area contributed by atoms with Crippen LogP contribution in [0.1, 0.15) is 94.0 Å². The van der Waals surface area contributed by atoms with Crippen molar-refractivity contribution < 1.29 is 63.0 Å². The Morgan fingerprint density at radius 1 is 0.562 bits per heavy atom. The number of primary amides is 1. The molecule has 0 saturated carbocycles. The van der Waals surface area contributed by atoms with Crippen LogP contribution in [0, 0.1) is 5.92 Å². The monoisotopic (exact) mass is 1460 g/mol. The number of halogens is 1. The molecule has 30 heteroatoms. The molecule has 10 atom stereocenters. The fourth-order valence-electron chi connectivity index (χ4n) is 12.2. The van der Waals surface area contributed by atoms with Crippen molar-refractivity contribution in [1.29, 1.82) is 0 Å². The number of fused-ring (bicyclic) bond motifs is 1. The zero-order chi connectivity index (χ0) is 75.5. The summed E-state index contributed by atoms with van der Waals surface area (Å²) in [6.45, 7) is 7.13. The summed E-state index contributed by atoms with van der Waals surface area (Å²) in [5, 5.41) is 54.3. The van der Waals surface area contributed by atoms with Crippen LogP contribution in [-0.2, 0) is 84.8 Å². The molecule has 0 bridgehead atoms. The number of carbonyl (C=O) groups excluding carboxylic acids is 11. The van der Waals surface area contributed by atoms with Crippen LogP contribution in [0.2, 0.25) is 5.02 Å². The predicted octanol–water partition coefficient (Wildman–Crippen LogP) is 1.14. The van der Waals surface area contributed by atoms with Crippen molar-refractivity contribution in [3.05, 3.63) is 173 Å². The maximum absolute atomic E-state index is 15.1. The predicted molar refractivity (Wildman–Crippen MR) is 392 cm³/mol. The second-order valence-corrected chi connectivity index (χ2v) is 27.0. The first kappa shape index (κ1) is 79.6. The number of nitrogens with two attached hydrogens (primary N) is 1. The topological polar surface area (TPSA) is 428 Å². The highest BCUT2D eigenvalue weighted by atomic mass is 35.5. The van der Waals surface area contributed by atoms with Crippen LogP contribution in [0.4, 0.5) is 0 Å². The first-order valence-electron chi connectivity index (χ1n) is 35.1. The summed E-state index contributed by atoms with van der Waals surface area (Å²) in [4.78, 5) is 171.